The third-order valence-electron chi connectivity index (χ3n) is 2.73. The number of rotatable bonds is 4. The van der Waals surface area contributed by atoms with Crippen LogP contribution in [0.2, 0.25) is 5.02 Å². The van der Waals surface area contributed by atoms with Crippen molar-refractivity contribution in [3.05, 3.63) is 34.9 Å². The van der Waals surface area contributed by atoms with Gasteiger partial charge >= 0.3 is 5.97 Å². The number of nitrogen functional groups attached to an aromatic ring is 1. The van der Waals surface area contributed by atoms with E-state index in [0.29, 0.717) is 23.1 Å². The standard InChI is InChI=1S/C13H15ClN4O2/c1-3-16-12-10(13(19)20-2)11(15)18(17-12)9-6-4-8(14)5-7-9/h4-7H,3,15H2,1-2H3,(H,16,17). The van der Waals surface area contributed by atoms with Crippen LogP contribution in [0.4, 0.5) is 11.6 Å². The van der Waals surface area contributed by atoms with Crippen molar-refractivity contribution in [1.82, 2.24) is 9.78 Å². The molecule has 0 atom stereocenters. The number of benzene rings is 1. The summed E-state index contributed by atoms with van der Waals surface area (Å²) < 4.78 is 6.21. The van der Waals surface area contributed by atoms with Gasteiger partial charge in [0.1, 0.15) is 11.4 Å². The maximum absolute atomic E-state index is 11.8. The lowest BCUT2D eigenvalue weighted by molar-refractivity contribution is 0.0603. The van der Waals surface area contributed by atoms with Gasteiger partial charge in [-0.2, -0.15) is 0 Å². The van der Waals surface area contributed by atoms with Gasteiger partial charge in [0.25, 0.3) is 0 Å². The molecule has 20 heavy (non-hydrogen) atoms. The van der Waals surface area contributed by atoms with Gasteiger partial charge in [-0.25, -0.2) is 9.48 Å². The first kappa shape index (κ1) is 14.2. The first-order valence-electron chi connectivity index (χ1n) is 6.05. The average molecular weight is 295 g/mol. The zero-order valence-electron chi connectivity index (χ0n) is 11.2. The van der Waals surface area contributed by atoms with Crippen LogP contribution in [0.1, 0.15) is 17.3 Å². The predicted octanol–water partition coefficient (Wildman–Crippen LogP) is 2.33. The van der Waals surface area contributed by atoms with Crippen molar-refractivity contribution < 1.29 is 9.53 Å². The van der Waals surface area contributed by atoms with Crippen LogP contribution >= 0.6 is 11.6 Å². The van der Waals surface area contributed by atoms with Crippen LogP contribution in [0.3, 0.4) is 0 Å². The van der Waals surface area contributed by atoms with Crippen molar-refractivity contribution in [2.24, 2.45) is 0 Å². The van der Waals surface area contributed by atoms with Crippen molar-refractivity contribution >= 4 is 29.2 Å². The summed E-state index contributed by atoms with van der Waals surface area (Å²) in [5.74, 6) is 0.0839. The maximum atomic E-state index is 11.8. The summed E-state index contributed by atoms with van der Waals surface area (Å²) in [7, 11) is 1.30. The van der Waals surface area contributed by atoms with Crippen LogP contribution in [0.5, 0.6) is 0 Å². The summed E-state index contributed by atoms with van der Waals surface area (Å²) in [5.41, 5.74) is 6.94. The minimum atomic E-state index is -0.529. The first-order valence-corrected chi connectivity index (χ1v) is 6.42. The van der Waals surface area contributed by atoms with Crippen LogP contribution in [0.15, 0.2) is 24.3 Å². The van der Waals surface area contributed by atoms with Gasteiger partial charge in [0, 0.05) is 11.6 Å². The molecule has 2 aromatic rings. The summed E-state index contributed by atoms with van der Waals surface area (Å²) in [6.45, 7) is 2.51. The van der Waals surface area contributed by atoms with Crippen LogP contribution < -0.4 is 11.1 Å². The van der Waals surface area contributed by atoms with E-state index in [4.69, 9.17) is 22.1 Å². The van der Waals surface area contributed by atoms with E-state index in [1.165, 1.54) is 11.8 Å². The molecule has 0 spiro atoms. The minimum Gasteiger partial charge on any atom is -0.465 e. The number of nitrogens with one attached hydrogen (secondary N) is 1. The zero-order chi connectivity index (χ0) is 14.7. The van der Waals surface area contributed by atoms with Gasteiger partial charge in [-0.15, -0.1) is 5.10 Å². The van der Waals surface area contributed by atoms with Gasteiger partial charge in [-0.3, -0.25) is 0 Å². The van der Waals surface area contributed by atoms with E-state index >= 15 is 0 Å². The number of aromatic nitrogens is 2. The number of halogens is 1. The molecule has 0 fully saturated rings. The Balaban J connectivity index is 2.54. The van der Waals surface area contributed by atoms with Crippen LogP contribution in [0.25, 0.3) is 5.69 Å². The number of anilines is 2. The topological polar surface area (TPSA) is 82.2 Å². The molecular formula is C13H15ClN4O2. The second-order valence-electron chi connectivity index (χ2n) is 4.02. The molecule has 0 aliphatic heterocycles. The molecule has 0 radical (unpaired) electrons. The molecule has 7 heteroatoms. The molecular weight excluding hydrogens is 280 g/mol. The highest BCUT2D eigenvalue weighted by molar-refractivity contribution is 6.30. The third kappa shape index (κ3) is 2.55. The van der Waals surface area contributed by atoms with Crippen LogP contribution in [-0.4, -0.2) is 29.4 Å². The summed E-state index contributed by atoms with van der Waals surface area (Å²) in [4.78, 5) is 11.8. The number of ether oxygens (including phenoxy) is 1. The fourth-order valence-electron chi connectivity index (χ4n) is 1.80. The fourth-order valence-corrected chi connectivity index (χ4v) is 1.93. The number of methoxy groups -OCH3 is 1. The summed E-state index contributed by atoms with van der Waals surface area (Å²) in [6.07, 6.45) is 0. The smallest absolute Gasteiger partial charge is 0.345 e. The Labute approximate surface area is 121 Å². The molecule has 0 aliphatic carbocycles. The first-order chi connectivity index (χ1) is 9.58. The Hall–Kier alpha value is -2.21. The summed E-state index contributed by atoms with van der Waals surface area (Å²) in [6, 6.07) is 6.98. The number of carbonyl (C=O) groups excluding carboxylic acids is 1. The summed E-state index contributed by atoms with van der Waals surface area (Å²) in [5, 5.41) is 7.91. The van der Waals surface area contributed by atoms with Gasteiger partial charge < -0.3 is 15.8 Å². The highest BCUT2D eigenvalue weighted by atomic mass is 35.5. The van der Waals surface area contributed by atoms with E-state index in [0.717, 1.165) is 0 Å². The fraction of sp³-hybridized carbons (Fsp3) is 0.231. The number of carbonyl (C=O) groups is 1. The number of hydrogen-bond donors (Lipinski definition) is 2. The molecule has 0 bridgehead atoms. The Morgan fingerprint density at radius 1 is 1.45 bits per heavy atom. The van der Waals surface area contributed by atoms with Gasteiger partial charge in [-0.05, 0) is 31.2 Å². The number of nitrogens with two attached hydrogens (primary N) is 1. The lowest BCUT2D eigenvalue weighted by Crippen LogP contribution is -2.09. The normalized spacial score (nSPS) is 10.3. The lowest BCUT2D eigenvalue weighted by Gasteiger charge is -2.04. The van der Waals surface area contributed by atoms with Crippen LogP contribution in [-0.2, 0) is 4.74 Å². The quantitative estimate of drug-likeness (QED) is 0.846. The van der Waals surface area contributed by atoms with E-state index < -0.39 is 5.97 Å². The molecule has 0 amide bonds. The Morgan fingerprint density at radius 3 is 2.65 bits per heavy atom. The minimum absolute atomic E-state index is 0.218. The monoisotopic (exact) mass is 294 g/mol. The zero-order valence-corrected chi connectivity index (χ0v) is 11.9. The van der Waals surface area contributed by atoms with Crippen molar-refractivity contribution in [3.8, 4) is 5.69 Å². The maximum Gasteiger partial charge on any atom is 0.345 e. The molecule has 1 aromatic heterocycles. The molecule has 0 saturated heterocycles. The van der Waals surface area contributed by atoms with E-state index in [-0.39, 0.29) is 11.4 Å². The Morgan fingerprint density at radius 2 is 2.10 bits per heavy atom. The van der Waals surface area contributed by atoms with Gasteiger partial charge in [0.05, 0.1) is 12.8 Å². The molecule has 2 rings (SSSR count). The van der Waals surface area contributed by atoms with E-state index in [2.05, 4.69) is 10.4 Å². The van der Waals surface area contributed by atoms with E-state index in [9.17, 15) is 4.79 Å². The lowest BCUT2D eigenvalue weighted by atomic mass is 10.3. The largest absolute Gasteiger partial charge is 0.465 e. The molecule has 1 heterocycles. The molecule has 3 N–H and O–H groups in total. The molecule has 0 unspecified atom stereocenters. The Kier molecular flexibility index (Phi) is 4.14. The van der Waals surface area contributed by atoms with Gasteiger partial charge in [-0.1, -0.05) is 11.6 Å². The SMILES string of the molecule is CCNc1nn(-c2ccc(Cl)cc2)c(N)c1C(=O)OC. The number of esters is 1. The highest BCUT2D eigenvalue weighted by Crippen LogP contribution is 2.26. The predicted molar refractivity (Wildman–Crippen MR) is 78.5 cm³/mol. The Bertz CT molecular complexity index is 622. The van der Waals surface area contributed by atoms with E-state index in [1.807, 2.05) is 6.92 Å². The average Bonchev–Trinajstić information content (AvgIpc) is 2.76. The second-order valence-corrected chi connectivity index (χ2v) is 4.46. The number of nitrogens with zero attached hydrogens (tertiary/aromatic N) is 2. The summed E-state index contributed by atoms with van der Waals surface area (Å²) >= 11 is 5.85. The van der Waals surface area contributed by atoms with Gasteiger partial charge in [0.15, 0.2) is 5.82 Å². The van der Waals surface area contributed by atoms with E-state index in [1.54, 1.807) is 24.3 Å². The van der Waals surface area contributed by atoms with Crippen molar-refractivity contribution in [2.75, 3.05) is 24.7 Å². The highest BCUT2D eigenvalue weighted by Gasteiger charge is 2.23. The molecule has 6 nitrogen and oxygen atoms in total. The molecule has 1 aromatic carbocycles. The second kappa shape index (κ2) is 5.83. The molecule has 106 valence electrons. The molecule has 0 aliphatic rings. The van der Waals surface area contributed by atoms with Crippen molar-refractivity contribution in [3.63, 3.8) is 0 Å². The van der Waals surface area contributed by atoms with Crippen LogP contribution in [0, 0.1) is 0 Å². The third-order valence-corrected chi connectivity index (χ3v) is 2.98. The molecule has 0 saturated carbocycles. The number of hydrogen-bond acceptors (Lipinski definition) is 5. The van der Waals surface area contributed by atoms with Crippen molar-refractivity contribution in [1.29, 1.82) is 0 Å². The van der Waals surface area contributed by atoms with Crippen molar-refractivity contribution in [2.45, 2.75) is 6.92 Å². The van der Waals surface area contributed by atoms with Gasteiger partial charge in [0.2, 0.25) is 0 Å².